The summed E-state index contributed by atoms with van der Waals surface area (Å²) in [5.41, 5.74) is 3.73. The van der Waals surface area contributed by atoms with E-state index >= 15 is 0 Å². The molecule has 2 aromatic heterocycles. The first-order valence-corrected chi connectivity index (χ1v) is 10.1. The number of anilines is 3. The van der Waals surface area contributed by atoms with Gasteiger partial charge in [0, 0.05) is 34.0 Å². The summed E-state index contributed by atoms with van der Waals surface area (Å²) in [6, 6.07) is 15.0. The van der Waals surface area contributed by atoms with Crippen LogP contribution in [0.4, 0.5) is 21.0 Å². The van der Waals surface area contributed by atoms with E-state index in [2.05, 4.69) is 25.6 Å². The Morgan fingerprint density at radius 2 is 1.70 bits per heavy atom. The zero-order chi connectivity index (χ0) is 21.1. The number of amides is 1. The molecule has 2 aromatic carbocycles. The molecule has 0 aliphatic heterocycles. The minimum Gasteiger partial charge on any atom is -0.332 e. The fraction of sp³-hybridized carbons (Fsp3) is 0.0909. The van der Waals surface area contributed by atoms with Gasteiger partial charge in [0.2, 0.25) is 0 Å². The van der Waals surface area contributed by atoms with E-state index < -0.39 is 0 Å². The SMILES string of the molecule is Cc1cc(NC(=O)c2ccc(Nc3nc(-c4ccc(F)cc4)cs3)cc2)nc(C)n1. The molecule has 0 fully saturated rings. The standard InChI is InChI=1S/C22H18FN5OS/c1-13-11-20(25-14(2)24-13)28-21(29)16-5-9-18(10-6-16)26-22-27-19(12-30-22)15-3-7-17(23)8-4-15/h3-12H,1-2H3,(H,26,27)(H,24,25,28,29). The lowest BCUT2D eigenvalue weighted by atomic mass is 10.2. The molecule has 30 heavy (non-hydrogen) atoms. The predicted molar refractivity (Wildman–Crippen MR) is 117 cm³/mol. The third-order valence-electron chi connectivity index (χ3n) is 4.25. The Labute approximate surface area is 176 Å². The van der Waals surface area contributed by atoms with Gasteiger partial charge in [-0.1, -0.05) is 0 Å². The Morgan fingerprint density at radius 3 is 2.40 bits per heavy atom. The molecule has 4 aromatic rings. The van der Waals surface area contributed by atoms with Crippen LogP contribution in [-0.2, 0) is 0 Å². The number of halogens is 1. The summed E-state index contributed by atoms with van der Waals surface area (Å²) in [5.74, 6) is 0.560. The van der Waals surface area contributed by atoms with Crippen molar-refractivity contribution in [2.75, 3.05) is 10.6 Å². The molecule has 0 bridgehead atoms. The van der Waals surface area contributed by atoms with Crippen molar-refractivity contribution in [3.05, 3.63) is 82.9 Å². The van der Waals surface area contributed by atoms with E-state index in [1.807, 2.05) is 24.4 Å². The Balaban J connectivity index is 1.42. The van der Waals surface area contributed by atoms with Crippen molar-refractivity contribution in [2.24, 2.45) is 0 Å². The fourth-order valence-electron chi connectivity index (χ4n) is 2.88. The fourth-order valence-corrected chi connectivity index (χ4v) is 3.62. The molecule has 6 nitrogen and oxygen atoms in total. The molecule has 0 unspecified atom stereocenters. The van der Waals surface area contributed by atoms with Gasteiger partial charge in [0.05, 0.1) is 5.69 Å². The van der Waals surface area contributed by atoms with Gasteiger partial charge < -0.3 is 10.6 Å². The molecular weight excluding hydrogens is 401 g/mol. The average molecular weight is 419 g/mol. The summed E-state index contributed by atoms with van der Waals surface area (Å²) in [7, 11) is 0. The van der Waals surface area contributed by atoms with Crippen LogP contribution in [0.5, 0.6) is 0 Å². The predicted octanol–water partition coefficient (Wildman–Crippen LogP) is 5.35. The second-order valence-corrected chi connectivity index (χ2v) is 7.50. The van der Waals surface area contributed by atoms with E-state index in [-0.39, 0.29) is 11.7 Å². The first-order valence-electron chi connectivity index (χ1n) is 9.18. The van der Waals surface area contributed by atoms with Crippen LogP contribution < -0.4 is 10.6 Å². The highest BCUT2D eigenvalue weighted by molar-refractivity contribution is 7.14. The van der Waals surface area contributed by atoms with Gasteiger partial charge in [0.15, 0.2) is 5.13 Å². The Morgan fingerprint density at radius 1 is 0.967 bits per heavy atom. The topological polar surface area (TPSA) is 79.8 Å². The normalized spacial score (nSPS) is 10.6. The zero-order valence-electron chi connectivity index (χ0n) is 16.3. The van der Waals surface area contributed by atoms with Crippen LogP contribution >= 0.6 is 11.3 Å². The van der Waals surface area contributed by atoms with Gasteiger partial charge in [-0.2, -0.15) is 0 Å². The summed E-state index contributed by atoms with van der Waals surface area (Å²) < 4.78 is 13.1. The molecule has 4 rings (SSSR count). The van der Waals surface area contributed by atoms with Crippen LogP contribution in [0, 0.1) is 19.7 Å². The first kappa shape index (κ1) is 19.7. The summed E-state index contributed by atoms with van der Waals surface area (Å²) >= 11 is 1.45. The summed E-state index contributed by atoms with van der Waals surface area (Å²) in [6.07, 6.45) is 0. The van der Waals surface area contributed by atoms with Crippen LogP contribution in [0.1, 0.15) is 21.9 Å². The monoisotopic (exact) mass is 419 g/mol. The summed E-state index contributed by atoms with van der Waals surface area (Å²) in [6.45, 7) is 3.63. The summed E-state index contributed by atoms with van der Waals surface area (Å²) in [5, 5.41) is 8.62. The highest BCUT2D eigenvalue weighted by Gasteiger charge is 2.09. The largest absolute Gasteiger partial charge is 0.332 e. The van der Waals surface area contributed by atoms with Gasteiger partial charge in [-0.3, -0.25) is 4.79 Å². The molecule has 0 saturated heterocycles. The molecule has 1 amide bonds. The number of aryl methyl sites for hydroxylation is 2. The van der Waals surface area contributed by atoms with Crippen LogP contribution in [0.25, 0.3) is 11.3 Å². The van der Waals surface area contributed by atoms with Gasteiger partial charge in [-0.15, -0.1) is 11.3 Å². The number of hydrogen-bond acceptors (Lipinski definition) is 6. The molecule has 8 heteroatoms. The van der Waals surface area contributed by atoms with Crippen molar-refractivity contribution in [3.63, 3.8) is 0 Å². The second-order valence-electron chi connectivity index (χ2n) is 6.64. The highest BCUT2D eigenvalue weighted by Crippen LogP contribution is 2.27. The van der Waals surface area contributed by atoms with Gasteiger partial charge in [0.25, 0.3) is 5.91 Å². The van der Waals surface area contributed by atoms with Gasteiger partial charge in [-0.05, 0) is 62.4 Å². The maximum Gasteiger partial charge on any atom is 0.256 e. The number of benzene rings is 2. The van der Waals surface area contributed by atoms with Crippen molar-refractivity contribution in [2.45, 2.75) is 13.8 Å². The maximum absolute atomic E-state index is 13.1. The lowest BCUT2D eigenvalue weighted by Crippen LogP contribution is -2.13. The smallest absolute Gasteiger partial charge is 0.256 e. The maximum atomic E-state index is 13.1. The number of carbonyl (C=O) groups is 1. The van der Waals surface area contributed by atoms with Crippen LogP contribution in [-0.4, -0.2) is 20.9 Å². The Bertz CT molecular complexity index is 1170. The van der Waals surface area contributed by atoms with Gasteiger partial charge in [-0.25, -0.2) is 19.3 Å². The molecule has 0 saturated carbocycles. The van der Waals surface area contributed by atoms with Crippen molar-refractivity contribution in [3.8, 4) is 11.3 Å². The molecule has 0 aliphatic carbocycles. The average Bonchev–Trinajstić information content (AvgIpc) is 3.16. The molecule has 0 spiro atoms. The third kappa shape index (κ3) is 4.66. The highest BCUT2D eigenvalue weighted by atomic mass is 32.1. The second kappa shape index (κ2) is 8.38. The number of nitrogens with zero attached hydrogens (tertiary/aromatic N) is 3. The van der Waals surface area contributed by atoms with Crippen molar-refractivity contribution < 1.29 is 9.18 Å². The number of carbonyl (C=O) groups excluding carboxylic acids is 1. The molecule has 0 radical (unpaired) electrons. The minimum atomic E-state index is -0.276. The Hall–Kier alpha value is -3.65. The molecule has 0 atom stereocenters. The van der Waals surface area contributed by atoms with Gasteiger partial charge in [0.1, 0.15) is 17.5 Å². The number of aromatic nitrogens is 3. The summed E-state index contributed by atoms with van der Waals surface area (Å²) in [4.78, 5) is 25.4. The van der Waals surface area contributed by atoms with E-state index in [0.29, 0.717) is 22.3 Å². The van der Waals surface area contributed by atoms with Crippen LogP contribution in [0.3, 0.4) is 0 Å². The molecule has 150 valence electrons. The van der Waals surface area contributed by atoms with E-state index in [1.54, 1.807) is 37.3 Å². The molecule has 2 N–H and O–H groups in total. The van der Waals surface area contributed by atoms with E-state index in [1.165, 1.54) is 23.5 Å². The first-order chi connectivity index (χ1) is 14.5. The number of nitrogens with one attached hydrogen (secondary N) is 2. The Kier molecular flexibility index (Phi) is 5.49. The lowest BCUT2D eigenvalue weighted by Gasteiger charge is -2.07. The lowest BCUT2D eigenvalue weighted by molar-refractivity contribution is 0.102. The molecule has 2 heterocycles. The van der Waals surface area contributed by atoms with Crippen LogP contribution in [0.2, 0.25) is 0 Å². The number of thiazole rings is 1. The number of rotatable bonds is 5. The molecular formula is C22H18FN5OS. The van der Waals surface area contributed by atoms with Crippen molar-refractivity contribution >= 4 is 33.9 Å². The van der Waals surface area contributed by atoms with E-state index in [9.17, 15) is 9.18 Å². The van der Waals surface area contributed by atoms with E-state index in [4.69, 9.17) is 0 Å². The van der Waals surface area contributed by atoms with Crippen molar-refractivity contribution in [1.82, 2.24) is 15.0 Å². The van der Waals surface area contributed by atoms with E-state index in [0.717, 1.165) is 22.6 Å². The number of hydrogen-bond donors (Lipinski definition) is 2. The van der Waals surface area contributed by atoms with Gasteiger partial charge >= 0.3 is 0 Å². The minimum absolute atomic E-state index is 0.244. The third-order valence-corrected chi connectivity index (χ3v) is 5.01. The van der Waals surface area contributed by atoms with Crippen LogP contribution in [0.15, 0.2) is 60.0 Å². The quantitative estimate of drug-likeness (QED) is 0.456. The zero-order valence-corrected chi connectivity index (χ0v) is 17.1. The van der Waals surface area contributed by atoms with Crippen molar-refractivity contribution in [1.29, 1.82) is 0 Å². The molecule has 0 aliphatic rings.